The second-order valence-corrected chi connectivity index (χ2v) is 10.5. The summed E-state index contributed by atoms with van der Waals surface area (Å²) < 4.78 is 29.1. The van der Waals surface area contributed by atoms with Crippen LogP contribution in [-0.2, 0) is 27.8 Å². The second-order valence-electron chi connectivity index (χ2n) is 8.46. The lowest BCUT2D eigenvalue weighted by molar-refractivity contribution is -0.126. The largest absolute Gasteiger partial charge is 0.352 e. The number of aromatic nitrogens is 2. The maximum atomic E-state index is 12.8. The summed E-state index contributed by atoms with van der Waals surface area (Å²) in [5.41, 5.74) is 3.14. The number of sulfonamides is 1. The molecule has 4 rings (SSSR count). The maximum absolute atomic E-state index is 12.8. The van der Waals surface area contributed by atoms with Crippen molar-refractivity contribution in [3.8, 4) is 5.69 Å². The number of aryl methyl sites for hydroxylation is 1. The quantitative estimate of drug-likeness (QED) is 0.525. The van der Waals surface area contributed by atoms with Crippen molar-refractivity contribution in [2.45, 2.75) is 32.2 Å². The monoisotopic (exact) mass is 466 g/mol. The zero-order valence-corrected chi connectivity index (χ0v) is 19.5. The van der Waals surface area contributed by atoms with Crippen LogP contribution in [0.3, 0.4) is 0 Å². The molecule has 1 saturated heterocycles. The van der Waals surface area contributed by atoms with Crippen molar-refractivity contribution in [1.29, 1.82) is 0 Å². The Morgan fingerprint density at radius 3 is 2.58 bits per heavy atom. The Balaban J connectivity index is 1.26. The molecule has 1 aromatic heterocycles. The smallest absolute Gasteiger partial charge is 0.224 e. The van der Waals surface area contributed by atoms with Gasteiger partial charge in [0, 0.05) is 37.7 Å². The van der Waals surface area contributed by atoms with Crippen LogP contribution in [0.4, 0.5) is 0 Å². The minimum atomic E-state index is -3.37. The van der Waals surface area contributed by atoms with Gasteiger partial charge in [0.15, 0.2) is 0 Å². The van der Waals surface area contributed by atoms with Crippen molar-refractivity contribution in [2.24, 2.45) is 5.92 Å². The predicted octanol–water partition coefficient (Wildman–Crippen LogP) is 3.16. The Morgan fingerprint density at radius 2 is 1.85 bits per heavy atom. The van der Waals surface area contributed by atoms with Gasteiger partial charge in [0.25, 0.3) is 0 Å². The van der Waals surface area contributed by atoms with Crippen molar-refractivity contribution in [1.82, 2.24) is 19.2 Å². The second kappa shape index (κ2) is 10.8. The summed E-state index contributed by atoms with van der Waals surface area (Å²) in [7, 11) is -3.37. The first-order valence-corrected chi connectivity index (χ1v) is 13.0. The molecule has 33 heavy (non-hydrogen) atoms. The van der Waals surface area contributed by atoms with Crippen LogP contribution in [0.25, 0.3) is 5.69 Å². The van der Waals surface area contributed by atoms with E-state index in [1.54, 1.807) is 12.5 Å². The highest BCUT2D eigenvalue weighted by molar-refractivity contribution is 7.89. The number of benzene rings is 2. The number of amides is 1. The summed E-state index contributed by atoms with van der Waals surface area (Å²) in [6.07, 6.45) is 8.07. The number of piperidine rings is 1. The van der Waals surface area contributed by atoms with Crippen LogP contribution in [0.1, 0.15) is 30.4 Å². The Morgan fingerprint density at radius 1 is 1.06 bits per heavy atom. The third-order valence-corrected chi connectivity index (χ3v) is 7.99. The minimum Gasteiger partial charge on any atom is -0.352 e. The number of nitrogens with one attached hydrogen (secondary N) is 1. The lowest BCUT2D eigenvalue weighted by Crippen LogP contribution is -2.46. The molecule has 2 heterocycles. The highest BCUT2D eigenvalue weighted by atomic mass is 32.2. The van der Waals surface area contributed by atoms with Crippen LogP contribution in [0.2, 0.25) is 0 Å². The van der Waals surface area contributed by atoms with E-state index in [9.17, 15) is 13.2 Å². The van der Waals surface area contributed by atoms with Crippen molar-refractivity contribution in [3.63, 3.8) is 0 Å². The van der Waals surface area contributed by atoms with E-state index in [2.05, 4.69) is 10.3 Å². The van der Waals surface area contributed by atoms with E-state index in [-0.39, 0.29) is 24.1 Å². The van der Waals surface area contributed by atoms with E-state index in [0.717, 1.165) is 23.2 Å². The summed E-state index contributed by atoms with van der Waals surface area (Å²) in [6, 6.07) is 17.8. The van der Waals surface area contributed by atoms with E-state index < -0.39 is 10.0 Å². The van der Waals surface area contributed by atoms with Gasteiger partial charge in [-0.05, 0) is 48.9 Å². The van der Waals surface area contributed by atoms with Crippen LogP contribution in [-0.4, -0.2) is 47.0 Å². The molecule has 1 atom stereocenters. The average molecular weight is 467 g/mol. The molecule has 1 unspecified atom stereocenters. The van der Waals surface area contributed by atoms with E-state index in [0.29, 0.717) is 32.4 Å². The standard InChI is InChI=1S/C25H30N4O3S/c30-25(27-18-22-10-12-24(13-11-22)28-16-14-26-20-28)23-9-4-15-29(19-23)33(31,32)17-5-8-21-6-2-1-3-7-21/h1-3,6-7,10-14,16,20,23H,4-5,8-9,15,17-19H2,(H,27,30). The molecule has 1 amide bonds. The molecule has 0 radical (unpaired) electrons. The molecule has 1 fully saturated rings. The van der Waals surface area contributed by atoms with Crippen molar-refractivity contribution in [2.75, 3.05) is 18.8 Å². The summed E-state index contributed by atoms with van der Waals surface area (Å²) >= 11 is 0. The molecule has 3 aromatic rings. The van der Waals surface area contributed by atoms with Crippen LogP contribution in [0.15, 0.2) is 73.3 Å². The normalized spacial score (nSPS) is 17.0. The first-order chi connectivity index (χ1) is 16.0. The van der Waals surface area contributed by atoms with Gasteiger partial charge in [0.1, 0.15) is 0 Å². The number of hydrogen-bond donors (Lipinski definition) is 1. The molecule has 2 aromatic carbocycles. The summed E-state index contributed by atoms with van der Waals surface area (Å²) in [4.78, 5) is 16.8. The summed E-state index contributed by atoms with van der Waals surface area (Å²) in [5, 5.41) is 2.98. The highest BCUT2D eigenvalue weighted by Gasteiger charge is 2.31. The number of carbonyl (C=O) groups excluding carboxylic acids is 1. The Hall–Kier alpha value is -2.97. The van der Waals surface area contributed by atoms with Gasteiger partial charge in [-0.1, -0.05) is 42.5 Å². The molecule has 1 aliphatic heterocycles. The zero-order valence-electron chi connectivity index (χ0n) is 18.6. The number of hydrogen-bond acceptors (Lipinski definition) is 4. The molecule has 0 spiro atoms. The molecule has 1 aliphatic rings. The topological polar surface area (TPSA) is 84.3 Å². The van der Waals surface area contributed by atoms with Crippen molar-refractivity contribution >= 4 is 15.9 Å². The van der Waals surface area contributed by atoms with Gasteiger partial charge in [-0.25, -0.2) is 17.7 Å². The fourth-order valence-corrected chi connectivity index (χ4v) is 5.75. The fourth-order valence-electron chi connectivity index (χ4n) is 4.17. The molecular weight excluding hydrogens is 436 g/mol. The Labute approximate surface area is 195 Å². The van der Waals surface area contributed by atoms with Gasteiger partial charge in [-0.15, -0.1) is 0 Å². The molecule has 1 N–H and O–H groups in total. The van der Waals surface area contributed by atoms with Gasteiger partial charge >= 0.3 is 0 Å². The van der Waals surface area contributed by atoms with Gasteiger partial charge in [0.2, 0.25) is 15.9 Å². The van der Waals surface area contributed by atoms with Crippen LogP contribution in [0, 0.1) is 5.92 Å². The lowest BCUT2D eigenvalue weighted by atomic mass is 9.99. The van der Waals surface area contributed by atoms with Gasteiger partial charge < -0.3 is 9.88 Å². The molecule has 174 valence electrons. The van der Waals surface area contributed by atoms with Gasteiger partial charge in [0.05, 0.1) is 18.0 Å². The number of imidazole rings is 1. The highest BCUT2D eigenvalue weighted by Crippen LogP contribution is 2.21. The Bertz CT molecular complexity index is 1130. The summed E-state index contributed by atoms with van der Waals surface area (Å²) in [5.74, 6) is -0.287. The first kappa shape index (κ1) is 23.2. The van der Waals surface area contributed by atoms with Crippen molar-refractivity contribution in [3.05, 3.63) is 84.4 Å². The average Bonchev–Trinajstić information content (AvgIpc) is 3.39. The number of carbonyl (C=O) groups is 1. The van der Waals surface area contributed by atoms with E-state index in [1.165, 1.54) is 4.31 Å². The van der Waals surface area contributed by atoms with Crippen molar-refractivity contribution < 1.29 is 13.2 Å². The van der Waals surface area contributed by atoms with Gasteiger partial charge in [-0.3, -0.25) is 4.79 Å². The molecule has 8 heteroatoms. The lowest BCUT2D eigenvalue weighted by Gasteiger charge is -2.31. The Kier molecular flexibility index (Phi) is 7.57. The van der Waals surface area contributed by atoms with E-state index >= 15 is 0 Å². The fraction of sp³-hybridized carbons (Fsp3) is 0.360. The molecule has 0 bridgehead atoms. The van der Waals surface area contributed by atoms with E-state index in [4.69, 9.17) is 0 Å². The number of rotatable bonds is 9. The minimum absolute atomic E-state index is 0.0853. The van der Waals surface area contributed by atoms with Crippen LogP contribution < -0.4 is 5.32 Å². The molecule has 0 saturated carbocycles. The molecular formula is C25H30N4O3S. The first-order valence-electron chi connectivity index (χ1n) is 11.4. The molecule has 0 aliphatic carbocycles. The predicted molar refractivity (Wildman–Crippen MR) is 128 cm³/mol. The SMILES string of the molecule is O=C(NCc1ccc(-n2ccnc2)cc1)C1CCCN(S(=O)(=O)CCCc2ccccc2)C1. The van der Waals surface area contributed by atoms with Gasteiger partial charge in [-0.2, -0.15) is 0 Å². The van der Waals surface area contributed by atoms with E-state index in [1.807, 2.05) is 65.4 Å². The third-order valence-electron chi connectivity index (χ3n) is 6.06. The van der Waals surface area contributed by atoms with Crippen LogP contribution in [0.5, 0.6) is 0 Å². The van der Waals surface area contributed by atoms with Crippen LogP contribution >= 0.6 is 0 Å². The number of nitrogens with zero attached hydrogens (tertiary/aromatic N) is 3. The molecule has 7 nitrogen and oxygen atoms in total. The maximum Gasteiger partial charge on any atom is 0.224 e. The summed E-state index contributed by atoms with van der Waals surface area (Å²) in [6.45, 7) is 1.18. The zero-order chi connectivity index (χ0) is 23.1. The third kappa shape index (κ3) is 6.30.